The molecule has 23 heavy (non-hydrogen) atoms. The molecule has 3 aliphatic rings. The number of carbonyl (C=O) groups excluding carboxylic acids is 2. The van der Waals surface area contributed by atoms with Crippen molar-refractivity contribution in [2.75, 3.05) is 24.6 Å². The molecule has 130 valence electrons. The minimum Gasteiger partial charge on any atom is -0.345 e. The number of amides is 2. The molecule has 6 nitrogen and oxygen atoms in total. The molecule has 1 heterocycles. The van der Waals surface area contributed by atoms with Gasteiger partial charge in [-0.25, -0.2) is 8.42 Å². The molecule has 0 unspecified atom stereocenters. The number of carbonyl (C=O) groups is 2. The molecular weight excluding hydrogens is 316 g/mol. The number of hydrogen-bond donors (Lipinski definition) is 1. The molecule has 0 aromatic rings. The van der Waals surface area contributed by atoms with Crippen molar-refractivity contribution in [3.63, 3.8) is 0 Å². The maximum Gasteiger partial charge on any atom is 0.244 e. The lowest BCUT2D eigenvalue weighted by Crippen LogP contribution is -2.51. The van der Waals surface area contributed by atoms with Crippen molar-refractivity contribution < 1.29 is 18.0 Å². The molecule has 3 fully saturated rings. The van der Waals surface area contributed by atoms with E-state index in [-0.39, 0.29) is 36.4 Å². The molecule has 2 amide bonds. The summed E-state index contributed by atoms with van der Waals surface area (Å²) in [7, 11) is -3.00. The van der Waals surface area contributed by atoms with E-state index < -0.39 is 15.9 Å². The van der Waals surface area contributed by atoms with Crippen LogP contribution in [0, 0.1) is 17.8 Å². The van der Waals surface area contributed by atoms with Crippen LogP contribution in [0.5, 0.6) is 0 Å². The summed E-state index contributed by atoms with van der Waals surface area (Å²) in [6, 6.07) is -0.581. The highest BCUT2D eigenvalue weighted by atomic mass is 32.2. The summed E-state index contributed by atoms with van der Waals surface area (Å²) in [6.45, 7) is 2.15. The van der Waals surface area contributed by atoms with Gasteiger partial charge in [0, 0.05) is 19.5 Å². The molecule has 1 atom stereocenters. The van der Waals surface area contributed by atoms with Crippen LogP contribution in [-0.4, -0.2) is 55.8 Å². The van der Waals surface area contributed by atoms with E-state index in [2.05, 4.69) is 5.32 Å². The second kappa shape index (κ2) is 6.42. The fourth-order valence-corrected chi connectivity index (χ4v) is 4.75. The lowest BCUT2D eigenvalue weighted by Gasteiger charge is -2.29. The van der Waals surface area contributed by atoms with Gasteiger partial charge in [0.2, 0.25) is 11.8 Å². The van der Waals surface area contributed by atoms with Crippen LogP contribution in [0.1, 0.15) is 39.0 Å². The van der Waals surface area contributed by atoms with Gasteiger partial charge in [0.05, 0.1) is 11.5 Å². The first-order chi connectivity index (χ1) is 10.9. The van der Waals surface area contributed by atoms with Crippen molar-refractivity contribution >= 4 is 21.7 Å². The first kappa shape index (κ1) is 16.7. The van der Waals surface area contributed by atoms with Gasteiger partial charge in [0.25, 0.3) is 0 Å². The molecule has 2 aliphatic carbocycles. The van der Waals surface area contributed by atoms with Crippen LogP contribution in [-0.2, 0) is 19.4 Å². The Morgan fingerprint density at radius 1 is 1.09 bits per heavy atom. The maximum atomic E-state index is 12.3. The van der Waals surface area contributed by atoms with E-state index in [9.17, 15) is 18.0 Å². The fourth-order valence-electron chi connectivity index (χ4n) is 3.55. The smallest absolute Gasteiger partial charge is 0.244 e. The largest absolute Gasteiger partial charge is 0.345 e. The van der Waals surface area contributed by atoms with Crippen molar-refractivity contribution in [3.8, 4) is 0 Å². The first-order valence-corrected chi connectivity index (χ1v) is 10.5. The van der Waals surface area contributed by atoms with Crippen molar-refractivity contribution in [2.24, 2.45) is 17.8 Å². The molecule has 0 radical (unpaired) electrons. The summed E-state index contributed by atoms with van der Waals surface area (Å²) in [5.74, 6) is 1.74. The van der Waals surface area contributed by atoms with Crippen LogP contribution in [0.15, 0.2) is 0 Å². The normalized spacial score (nSPS) is 25.2. The lowest BCUT2D eigenvalue weighted by molar-refractivity contribution is -0.136. The van der Waals surface area contributed by atoms with Crippen LogP contribution in [0.2, 0.25) is 0 Å². The standard InChI is InChI=1S/C16H26N2O4S/c1-11(16(20)18-6-8-23(21,22)9-7-18)17-15(19)10-14(12-2-3-12)13-4-5-13/h11-14H,2-10H2,1H3,(H,17,19)/t11-/m0/s1. The van der Waals surface area contributed by atoms with Gasteiger partial charge in [-0.1, -0.05) is 0 Å². The fraction of sp³-hybridized carbons (Fsp3) is 0.875. The Labute approximate surface area is 137 Å². The summed E-state index contributed by atoms with van der Waals surface area (Å²) in [5, 5.41) is 2.81. The van der Waals surface area contributed by atoms with Crippen LogP contribution in [0.4, 0.5) is 0 Å². The van der Waals surface area contributed by atoms with E-state index in [0.717, 1.165) is 0 Å². The van der Waals surface area contributed by atoms with Gasteiger partial charge in [-0.2, -0.15) is 0 Å². The van der Waals surface area contributed by atoms with Crippen LogP contribution < -0.4 is 5.32 Å². The van der Waals surface area contributed by atoms with Crippen molar-refractivity contribution in [1.29, 1.82) is 0 Å². The highest BCUT2D eigenvalue weighted by molar-refractivity contribution is 7.91. The number of rotatable bonds is 6. The summed E-state index contributed by atoms with van der Waals surface area (Å²) in [4.78, 5) is 26.1. The summed E-state index contributed by atoms with van der Waals surface area (Å²) in [6.07, 6.45) is 5.49. The molecule has 0 aromatic carbocycles. The molecule has 1 N–H and O–H groups in total. The number of nitrogens with zero attached hydrogens (tertiary/aromatic N) is 1. The molecule has 0 bridgehead atoms. The molecule has 1 saturated heterocycles. The SMILES string of the molecule is C[C@H](NC(=O)CC(C1CC1)C1CC1)C(=O)N1CCS(=O)(=O)CC1. The second-order valence-corrected chi connectivity index (χ2v) is 9.61. The quantitative estimate of drug-likeness (QED) is 0.765. The molecule has 1 aliphatic heterocycles. The minimum absolute atomic E-state index is 0.0187. The van der Waals surface area contributed by atoms with Crippen LogP contribution >= 0.6 is 0 Å². The highest BCUT2D eigenvalue weighted by Gasteiger charge is 2.42. The zero-order valence-corrected chi connectivity index (χ0v) is 14.5. The zero-order valence-electron chi connectivity index (χ0n) is 13.7. The van der Waals surface area contributed by atoms with Crippen molar-refractivity contribution in [1.82, 2.24) is 10.2 Å². The van der Waals surface area contributed by atoms with E-state index in [1.165, 1.54) is 25.7 Å². The van der Waals surface area contributed by atoms with E-state index >= 15 is 0 Å². The Bertz CT molecular complexity index is 555. The third kappa shape index (κ3) is 4.46. The monoisotopic (exact) mass is 342 g/mol. The Hall–Kier alpha value is -1.11. The van der Waals surface area contributed by atoms with Gasteiger partial charge in [-0.05, 0) is 50.4 Å². The average molecular weight is 342 g/mol. The van der Waals surface area contributed by atoms with Gasteiger partial charge in [-0.3, -0.25) is 9.59 Å². The van der Waals surface area contributed by atoms with Gasteiger partial charge in [0.1, 0.15) is 6.04 Å². The summed E-state index contributed by atoms with van der Waals surface area (Å²) in [5.41, 5.74) is 0. The van der Waals surface area contributed by atoms with E-state index in [1.807, 2.05) is 0 Å². The Balaban J connectivity index is 1.46. The Morgan fingerprint density at radius 2 is 1.61 bits per heavy atom. The number of nitrogens with one attached hydrogen (secondary N) is 1. The van der Waals surface area contributed by atoms with Crippen molar-refractivity contribution in [2.45, 2.75) is 45.1 Å². The van der Waals surface area contributed by atoms with Gasteiger partial charge >= 0.3 is 0 Å². The molecule has 7 heteroatoms. The first-order valence-electron chi connectivity index (χ1n) is 8.64. The second-order valence-electron chi connectivity index (χ2n) is 7.31. The minimum atomic E-state index is -3.00. The Morgan fingerprint density at radius 3 is 2.09 bits per heavy atom. The molecule has 3 rings (SSSR count). The van der Waals surface area contributed by atoms with Crippen LogP contribution in [0.3, 0.4) is 0 Å². The average Bonchev–Trinajstić information content (AvgIpc) is 3.37. The molecule has 0 spiro atoms. The third-order valence-electron chi connectivity index (χ3n) is 5.28. The van der Waals surface area contributed by atoms with Gasteiger partial charge < -0.3 is 10.2 Å². The van der Waals surface area contributed by atoms with E-state index in [0.29, 0.717) is 24.2 Å². The third-order valence-corrected chi connectivity index (χ3v) is 6.89. The number of hydrogen-bond acceptors (Lipinski definition) is 4. The highest BCUT2D eigenvalue weighted by Crippen LogP contribution is 2.50. The molecule has 2 saturated carbocycles. The maximum absolute atomic E-state index is 12.3. The number of sulfone groups is 1. The molecule has 0 aromatic heterocycles. The predicted molar refractivity (Wildman–Crippen MR) is 86.4 cm³/mol. The summed E-state index contributed by atoms with van der Waals surface area (Å²) >= 11 is 0. The lowest BCUT2D eigenvalue weighted by atomic mass is 9.93. The summed E-state index contributed by atoms with van der Waals surface area (Å²) < 4.78 is 22.8. The van der Waals surface area contributed by atoms with Crippen LogP contribution in [0.25, 0.3) is 0 Å². The van der Waals surface area contributed by atoms with Gasteiger partial charge in [-0.15, -0.1) is 0 Å². The topological polar surface area (TPSA) is 83.6 Å². The van der Waals surface area contributed by atoms with Crippen molar-refractivity contribution in [3.05, 3.63) is 0 Å². The van der Waals surface area contributed by atoms with E-state index in [1.54, 1.807) is 11.8 Å². The zero-order chi connectivity index (χ0) is 16.6. The predicted octanol–water partition coefficient (Wildman–Crippen LogP) is 0.574. The van der Waals surface area contributed by atoms with E-state index in [4.69, 9.17) is 0 Å². The Kier molecular flexibility index (Phi) is 4.67. The molecular formula is C16H26N2O4S. The van der Waals surface area contributed by atoms with Gasteiger partial charge in [0.15, 0.2) is 9.84 Å².